The molecule has 3 N–H and O–H groups in total. The Morgan fingerprint density at radius 1 is 1.56 bits per heavy atom. The highest BCUT2D eigenvalue weighted by Gasteiger charge is 2.10. The zero-order valence-corrected chi connectivity index (χ0v) is 9.70. The molecule has 0 bridgehead atoms. The van der Waals surface area contributed by atoms with Gasteiger partial charge in [0.2, 0.25) is 0 Å². The Morgan fingerprint density at radius 2 is 2.25 bits per heavy atom. The van der Waals surface area contributed by atoms with Crippen LogP contribution in [0.4, 0.5) is 0 Å². The maximum atomic E-state index is 9.58. The fourth-order valence-corrected chi connectivity index (χ4v) is 1.37. The average Bonchev–Trinajstić information content (AvgIpc) is 2.26. The third-order valence-corrected chi connectivity index (χ3v) is 2.24. The highest BCUT2D eigenvalue weighted by Crippen LogP contribution is 2.26. The lowest BCUT2D eigenvalue weighted by Gasteiger charge is -2.12. The Hall–Kier alpha value is -1.50. The van der Waals surface area contributed by atoms with E-state index in [1.54, 1.807) is 18.2 Å². The number of aromatic hydroxyl groups is 1. The van der Waals surface area contributed by atoms with Crippen molar-refractivity contribution in [1.29, 1.82) is 5.26 Å². The van der Waals surface area contributed by atoms with Crippen LogP contribution in [-0.4, -0.2) is 5.11 Å². The monoisotopic (exact) mass is 238 g/mol. The van der Waals surface area contributed by atoms with E-state index < -0.39 is 0 Å². The van der Waals surface area contributed by atoms with Gasteiger partial charge in [0.25, 0.3) is 0 Å². The van der Waals surface area contributed by atoms with Crippen molar-refractivity contribution in [2.45, 2.75) is 18.9 Å². The Bertz CT molecular complexity index is 398. The number of hydrogen-bond acceptors (Lipinski definition) is 3. The molecule has 1 aromatic carbocycles. The Morgan fingerprint density at radius 3 is 2.81 bits per heavy atom. The number of nitrogens with zero attached hydrogens (tertiary/aromatic N) is 1. The largest absolute Gasteiger partial charge is 0.508 e. The van der Waals surface area contributed by atoms with Gasteiger partial charge >= 0.3 is 0 Å². The summed E-state index contributed by atoms with van der Waals surface area (Å²) in [6.45, 7) is 3.61. The van der Waals surface area contributed by atoms with Gasteiger partial charge in [-0.25, -0.2) is 0 Å². The van der Waals surface area contributed by atoms with E-state index in [4.69, 9.17) is 11.0 Å². The normalized spacial score (nSPS) is 11.0. The molecule has 0 aliphatic carbocycles. The number of halogens is 1. The van der Waals surface area contributed by atoms with Gasteiger partial charge in [-0.2, -0.15) is 5.26 Å². The van der Waals surface area contributed by atoms with Gasteiger partial charge < -0.3 is 10.8 Å². The van der Waals surface area contributed by atoms with E-state index in [1.165, 1.54) is 6.07 Å². The van der Waals surface area contributed by atoms with Crippen LogP contribution in [0.25, 0.3) is 0 Å². The number of nitrogens with two attached hydrogens (primary N) is 1. The lowest BCUT2D eigenvalue weighted by molar-refractivity contribution is 0.459. The third-order valence-electron chi connectivity index (χ3n) is 2.24. The molecule has 0 aliphatic rings. The van der Waals surface area contributed by atoms with E-state index in [0.717, 1.165) is 6.42 Å². The van der Waals surface area contributed by atoms with E-state index in [-0.39, 0.29) is 24.2 Å². The lowest BCUT2D eigenvalue weighted by atomic mass is 10.00. The second-order valence-electron chi connectivity index (χ2n) is 3.36. The Balaban J connectivity index is 0.00000225. The fourth-order valence-electron chi connectivity index (χ4n) is 1.37. The van der Waals surface area contributed by atoms with E-state index in [1.807, 2.05) is 6.07 Å². The first-order chi connectivity index (χ1) is 7.19. The first-order valence-corrected chi connectivity index (χ1v) is 4.78. The van der Waals surface area contributed by atoms with Crippen LogP contribution in [0.15, 0.2) is 30.9 Å². The Labute approximate surface area is 102 Å². The maximum absolute atomic E-state index is 9.58. The summed E-state index contributed by atoms with van der Waals surface area (Å²) < 4.78 is 0. The van der Waals surface area contributed by atoms with Crippen LogP contribution >= 0.6 is 12.4 Å². The van der Waals surface area contributed by atoms with Gasteiger partial charge in [0, 0.05) is 11.6 Å². The number of allylic oxidation sites excluding steroid dienone is 1. The minimum Gasteiger partial charge on any atom is -0.508 e. The van der Waals surface area contributed by atoms with Gasteiger partial charge in [0.1, 0.15) is 5.75 Å². The van der Waals surface area contributed by atoms with E-state index in [2.05, 4.69) is 6.58 Å². The Kier molecular flexibility index (Phi) is 6.24. The molecular weight excluding hydrogens is 224 g/mol. The van der Waals surface area contributed by atoms with Crippen LogP contribution < -0.4 is 5.73 Å². The zero-order valence-electron chi connectivity index (χ0n) is 8.89. The lowest BCUT2D eigenvalue weighted by Crippen LogP contribution is -2.10. The number of phenols is 1. The summed E-state index contributed by atoms with van der Waals surface area (Å²) in [7, 11) is 0. The molecule has 1 rings (SSSR count). The molecule has 0 saturated heterocycles. The maximum Gasteiger partial charge on any atom is 0.120 e. The molecule has 0 aliphatic heterocycles. The van der Waals surface area contributed by atoms with Crippen LogP contribution in [0.3, 0.4) is 0 Å². The molecule has 0 aromatic heterocycles. The summed E-state index contributed by atoms with van der Waals surface area (Å²) in [6.07, 6.45) is 3.29. The van der Waals surface area contributed by atoms with Gasteiger partial charge in [0.05, 0.1) is 11.6 Å². The summed E-state index contributed by atoms with van der Waals surface area (Å²) in [6, 6.07) is 6.46. The van der Waals surface area contributed by atoms with Crippen molar-refractivity contribution in [3.8, 4) is 11.8 Å². The highest BCUT2D eigenvalue weighted by molar-refractivity contribution is 5.85. The number of rotatable bonds is 4. The molecule has 0 radical (unpaired) electrons. The minimum atomic E-state index is -0.253. The first-order valence-electron chi connectivity index (χ1n) is 4.78. The fraction of sp³-hybridized carbons (Fsp3) is 0.250. The second kappa shape index (κ2) is 6.89. The molecule has 1 atom stereocenters. The molecule has 0 amide bonds. The summed E-state index contributed by atoms with van der Waals surface area (Å²) in [5, 5.41) is 18.3. The number of benzene rings is 1. The van der Waals surface area contributed by atoms with E-state index in [0.29, 0.717) is 17.5 Å². The van der Waals surface area contributed by atoms with Gasteiger partial charge in [0.15, 0.2) is 0 Å². The van der Waals surface area contributed by atoms with Crippen molar-refractivity contribution in [3.63, 3.8) is 0 Å². The predicted molar refractivity (Wildman–Crippen MR) is 66.4 cm³/mol. The molecule has 16 heavy (non-hydrogen) atoms. The number of phenolic OH excluding ortho intramolecular Hbond substituents is 1. The summed E-state index contributed by atoms with van der Waals surface area (Å²) in [5.74, 6) is 0.144. The molecule has 0 fully saturated rings. The molecule has 0 heterocycles. The van der Waals surface area contributed by atoms with Crippen molar-refractivity contribution in [3.05, 3.63) is 42.0 Å². The molecule has 0 unspecified atom stereocenters. The number of hydrogen-bond donors (Lipinski definition) is 2. The van der Waals surface area contributed by atoms with Crippen LogP contribution in [0.5, 0.6) is 5.75 Å². The SMILES string of the molecule is C=CCC[C@H](N)c1cc(C#N)ccc1O.Cl. The van der Waals surface area contributed by atoms with Gasteiger partial charge in [-0.1, -0.05) is 6.08 Å². The first kappa shape index (κ1) is 14.5. The van der Waals surface area contributed by atoms with Crippen molar-refractivity contribution in [2.75, 3.05) is 0 Å². The van der Waals surface area contributed by atoms with Gasteiger partial charge in [-0.05, 0) is 31.0 Å². The molecular formula is C12H15ClN2O. The van der Waals surface area contributed by atoms with Crippen molar-refractivity contribution >= 4 is 12.4 Å². The molecule has 0 spiro atoms. The van der Waals surface area contributed by atoms with Crippen molar-refractivity contribution in [2.24, 2.45) is 5.73 Å². The molecule has 86 valence electrons. The van der Waals surface area contributed by atoms with Crippen LogP contribution in [0, 0.1) is 11.3 Å². The quantitative estimate of drug-likeness (QED) is 0.793. The molecule has 0 saturated carbocycles. The third kappa shape index (κ3) is 3.58. The second-order valence-corrected chi connectivity index (χ2v) is 3.36. The summed E-state index contributed by atoms with van der Waals surface area (Å²) >= 11 is 0. The molecule has 4 heteroatoms. The van der Waals surface area contributed by atoms with Crippen molar-refractivity contribution < 1.29 is 5.11 Å². The topological polar surface area (TPSA) is 70.0 Å². The van der Waals surface area contributed by atoms with Gasteiger partial charge in [-0.3, -0.25) is 0 Å². The van der Waals surface area contributed by atoms with Crippen LogP contribution in [0.2, 0.25) is 0 Å². The van der Waals surface area contributed by atoms with Crippen molar-refractivity contribution in [1.82, 2.24) is 0 Å². The summed E-state index contributed by atoms with van der Waals surface area (Å²) in [5.41, 5.74) is 7.02. The highest BCUT2D eigenvalue weighted by atomic mass is 35.5. The van der Waals surface area contributed by atoms with Gasteiger partial charge in [-0.15, -0.1) is 19.0 Å². The minimum absolute atomic E-state index is 0. The predicted octanol–water partition coefficient (Wildman–Crippen LogP) is 2.65. The molecule has 3 nitrogen and oxygen atoms in total. The van der Waals surface area contributed by atoms with E-state index in [9.17, 15) is 5.11 Å². The number of nitriles is 1. The van der Waals surface area contributed by atoms with Crippen LogP contribution in [-0.2, 0) is 0 Å². The van der Waals surface area contributed by atoms with Crippen LogP contribution in [0.1, 0.15) is 30.0 Å². The average molecular weight is 239 g/mol. The zero-order chi connectivity index (χ0) is 11.3. The van der Waals surface area contributed by atoms with E-state index >= 15 is 0 Å². The molecule has 1 aromatic rings. The summed E-state index contributed by atoms with van der Waals surface area (Å²) in [4.78, 5) is 0. The standard InChI is InChI=1S/C12H14N2O.ClH/c1-2-3-4-11(14)10-7-9(8-13)5-6-12(10)15;/h2,5-7,11,15H,1,3-4,14H2;1H/t11-;/m0./s1. The smallest absolute Gasteiger partial charge is 0.120 e.